The van der Waals surface area contributed by atoms with Crippen LogP contribution >= 0.6 is 11.3 Å². The molecule has 0 unspecified atom stereocenters. The van der Waals surface area contributed by atoms with Crippen molar-refractivity contribution < 1.29 is 0 Å². The highest BCUT2D eigenvalue weighted by Gasteiger charge is 2.40. The van der Waals surface area contributed by atoms with Gasteiger partial charge in [0, 0.05) is 32.1 Å². The maximum Gasteiger partial charge on any atom is 0.160 e. The molecule has 0 radical (unpaired) electrons. The van der Waals surface area contributed by atoms with Crippen LogP contribution in [0, 0.1) is 6.92 Å². The molecule has 3 aromatic carbocycles. The largest absolute Gasteiger partial charge is 0.236 e. The zero-order valence-corrected chi connectivity index (χ0v) is 17.5. The molecule has 0 bridgehead atoms. The zero-order valence-electron chi connectivity index (χ0n) is 16.7. The molecule has 1 aliphatic rings. The Balaban J connectivity index is 1.63. The summed E-state index contributed by atoms with van der Waals surface area (Å²) in [6.07, 6.45) is 1.96. The van der Waals surface area contributed by atoms with E-state index in [0.29, 0.717) is 0 Å². The highest BCUT2D eigenvalue weighted by Crippen LogP contribution is 2.57. The van der Waals surface area contributed by atoms with E-state index in [2.05, 4.69) is 81.4 Å². The standard InChI is InChI=1S/C26H20N2S/c1-15-11-12-20-16(13-15)14-27-25(28-20)19-9-6-8-18-22(19)26(2,3)23-17-7-4-5-10-21(17)29-24(18)23/h4-14H,1-3H3. The Hall–Kier alpha value is -3.04. The number of rotatable bonds is 1. The summed E-state index contributed by atoms with van der Waals surface area (Å²) in [4.78, 5) is 11.1. The van der Waals surface area contributed by atoms with Gasteiger partial charge in [0.25, 0.3) is 0 Å². The fraction of sp³-hybridized carbons (Fsp3) is 0.154. The molecular weight excluding hydrogens is 372 g/mol. The van der Waals surface area contributed by atoms with Gasteiger partial charge in [-0.05, 0) is 47.2 Å². The Kier molecular flexibility index (Phi) is 3.34. The fourth-order valence-corrected chi connectivity index (χ4v) is 6.26. The minimum Gasteiger partial charge on any atom is -0.236 e. The van der Waals surface area contributed by atoms with E-state index in [1.165, 1.54) is 37.2 Å². The molecule has 0 fully saturated rings. The number of nitrogens with zero attached hydrogens (tertiary/aromatic N) is 2. The highest BCUT2D eigenvalue weighted by atomic mass is 32.1. The van der Waals surface area contributed by atoms with Gasteiger partial charge in [0.2, 0.25) is 0 Å². The molecule has 6 rings (SSSR count). The Morgan fingerprint density at radius 1 is 0.862 bits per heavy atom. The third-order valence-electron chi connectivity index (χ3n) is 6.13. The molecule has 1 aliphatic carbocycles. The monoisotopic (exact) mass is 392 g/mol. The van der Waals surface area contributed by atoms with Crippen LogP contribution in [-0.2, 0) is 5.41 Å². The Bertz CT molecular complexity index is 1440. The van der Waals surface area contributed by atoms with Crippen molar-refractivity contribution in [3.05, 3.63) is 83.6 Å². The van der Waals surface area contributed by atoms with Crippen LogP contribution in [0.4, 0.5) is 0 Å². The molecule has 0 amide bonds. The van der Waals surface area contributed by atoms with Crippen LogP contribution < -0.4 is 0 Å². The van der Waals surface area contributed by atoms with Crippen molar-refractivity contribution in [1.29, 1.82) is 0 Å². The zero-order chi connectivity index (χ0) is 19.8. The van der Waals surface area contributed by atoms with Gasteiger partial charge in [0.05, 0.1) is 5.52 Å². The quantitative estimate of drug-likeness (QED) is 0.303. The van der Waals surface area contributed by atoms with Crippen LogP contribution in [0.25, 0.3) is 42.8 Å². The van der Waals surface area contributed by atoms with Gasteiger partial charge < -0.3 is 0 Å². The van der Waals surface area contributed by atoms with Gasteiger partial charge >= 0.3 is 0 Å². The van der Waals surface area contributed by atoms with Gasteiger partial charge in [-0.3, -0.25) is 0 Å². The van der Waals surface area contributed by atoms with Gasteiger partial charge in [-0.1, -0.05) is 61.9 Å². The van der Waals surface area contributed by atoms with Crippen LogP contribution in [0.15, 0.2) is 66.9 Å². The molecule has 0 aliphatic heterocycles. The third-order valence-corrected chi connectivity index (χ3v) is 7.33. The summed E-state index contributed by atoms with van der Waals surface area (Å²) in [7, 11) is 0. The van der Waals surface area contributed by atoms with E-state index < -0.39 is 0 Å². The fourth-order valence-electron chi connectivity index (χ4n) is 4.86. The van der Waals surface area contributed by atoms with Gasteiger partial charge in [-0.25, -0.2) is 9.97 Å². The maximum absolute atomic E-state index is 4.93. The number of hydrogen-bond acceptors (Lipinski definition) is 3. The molecule has 2 aromatic heterocycles. The second kappa shape index (κ2) is 5.74. The average Bonchev–Trinajstić information content (AvgIpc) is 3.22. The number of hydrogen-bond donors (Lipinski definition) is 0. The Morgan fingerprint density at radius 2 is 1.69 bits per heavy atom. The summed E-state index contributed by atoms with van der Waals surface area (Å²) in [5, 5.41) is 2.46. The van der Waals surface area contributed by atoms with Crippen LogP contribution in [0.3, 0.4) is 0 Å². The van der Waals surface area contributed by atoms with Gasteiger partial charge in [0.1, 0.15) is 0 Å². The Morgan fingerprint density at radius 3 is 2.59 bits per heavy atom. The SMILES string of the molecule is Cc1ccc2nc(-c3cccc4c3C(C)(C)c3c-4sc4ccccc34)ncc2c1. The van der Waals surface area contributed by atoms with Crippen molar-refractivity contribution in [3.63, 3.8) is 0 Å². The van der Waals surface area contributed by atoms with Crippen molar-refractivity contribution in [1.82, 2.24) is 9.97 Å². The topological polar surface area (TPSA) is 25.8 Å². The number of aromatic nitrogens is 2. The average molecular weight is 393 g/mol. The predicted octanol–water partition coefficient (Wildman–Crippen LogP) is 7.13. The van der Waals surface area contributed by atoms with E-state index >= 15 is 0 Å². The normalized spacial score (nSPS) is 14.3. The molecule has 2 nitrogen and oxygen atoms in total. The molecule has 3 heteroatoms. The summed E-state index contributed by atoms with van der Waals surface area (Å²) in [5.74, 6) is 0.811. The molecule has 0 N–H and O–H groups in total. The summed E-state index contributed by atoms with van der Waals surface area (Å²) in [6.45, 7) is 6.78. The molecule has 29 heavy (non-hydrogen) atoms. The van der Waals surface area contributed by atoms with E-state index in [1.54, 1.807) is 0 Å². The first-order valence-corrected chi connectivity index (χ1v) is 10.8. The molecule has 0 atom stereocenters. The second-order valence-electron chi connectivity index (χ2n) is 8.41. The minimum atomic E-state index is -0.0908. The van der Waals surface area contributed by atoms with Crippen LogP contribution in [-0.4, -0.2) is 9.97 Å². The molecule has 2 heterocycles. The third kappa shape index (κ3) is 2.28. The van der Waals surface area contributed by atoms with Gasteiger partial charge in [-0.15, -0.1) is 11.3 Å². The van der Waals surface area contributed by atoms with E-state index in [9.17, 15) is 0 Å². The maximum atomic E-state index is 4.93. The predicted molar refractivity (Wildman–Crippen MR) is 123 cm³/mol. The van der Waals surface area contributed by atoms with Crippen molar-refractivity contribution in [2.75, 3.05) is 0 Å². The summed E-state index contributed by atoms with van der Waals surface area (Å²) < 4.78 is 1.36. The van der Waals surface area contributed by atoms with E-state index in [0.717, 1.165) is 22.3 Å². The van der Waals surface area contributed by atoms with Crippen LogP contribution in [0.5, 0.6) is 0 Å². The number of benzene rings is 3. The lowest BCUT2D eigenvalue weighted by atomic mass is 9.79. The van der Waals surface area contributed by atoms with Crippen molar-refractivity contribution in [2.24, 2.45) is 0 Å². The van der Waals surface area contributed by atoms with E-state index in [1.807, 2.05) is 17.5 Å². The van der Waals surface area contributed by atoms with E-state index in [4.69, 9.17) is 9.97 Å². The first kappa shape index (κ1) is 16.9. The lowest BCUT2D eigenvalue weighted by Crippen LogP contribution is -2.16. The smallest absolute Gasteiger partial charge is 0.160 e. The number of fused-ring (bicyclic) bond motifs is 6. The molecule has 0 spiro atoms. The van der Waals surface area contributed by atoms with Crippen molar-refractivity contribution in [3.8, 4) is 21.8 Å². The van der Waals surface area contributed by atoms with Crippen molar-refractivity contribution in [2.45, 2.75) is 26.2 Å². The summed E-state index contributed by atoms with van der Waals surface area (Å²) >= 11 is 1.90. The summed E-state index contributed by atoms with van der Waals surface area (Å²) in [5.41, 5.74) is 7.39. The van der Waals surface area contributed by atoms with Crippen LogP contribution in [0.2, 0.25) is 0 Å². The Labute approximate surface area is 173 Å². The lowest BCUT2D eigenvalue weighted by Gasteiger charge is -2.24. The number of thiophene rings is 1. The second-order valence-corrected chi connectivity index (χ2v) is 9.46. The molecule has 0 saturated heterocycles. The summed E-state index contributed by atoms with van der Waals surface area (Å²) in [6, 6.07) is 21.7. The van der Waals surface area contributed by atoms with Crippen molar-refractivity contribution >= 4 is 32.3 Å². The minimum absolute atomic E-state index is 0.0908. The molecule has 5 aromatic rings. The van der Waals surface area contributed by atoms with E-state index in [-0.39, 0.29) is 5.41 Å². The highest BCUT2D eigenvalue weighted by molar-refractivity contribution is 7.22. The first-order valence-electron chi connectivity index (χ1n) is 9.94. The molecule has 140 valence electrons. The van der Waals surface area contributed by atoms with Gasteiger partial charge in [-0.2, -0.15) is 0 Å². The van der Waals surface area contributed by atoms with Gasteiger partial charge in [0.15, 0.2) is 5.82 Å². The van der Waals surface area contributed by atoms with Crippen LogP contribution in [0.1, 0.15) is 30.5 Å². The number of aryl methyl sites for hydroxylation is 1. The molecule has 0 saturated carbocycles. The first-order chi connectivity index (χ1) is 14.0. The molecular formula is C26H20N2S. The lowest BCUT2D eigenvalue weighted by molar-refractivity contribution is 0.668.